The highest BCUT2D eigenvalue weighted by Gasteiger charge is 2.13. The van der Waals surface area contributed by atoms with Crippen LogP contribution in [0.25, 0.3) is 0 Å². The van der Waals surface area contributed by atoms with E-state index in [4.69, 9.17) is 5.73 Å². The summed E-state index contributed by atoms with van der Waals surface area (Å²) in [4.78, 5) is 14.8. The van der Waals surface area contributed by atoms with Crippen LogP contribution in [0.4, 0.5) is 5.69 Å². The van der Waals surface area contributed by atoms with Gasteiger partial charge in [-0.3, -0.25) is 4.79 Å². The van der Waals surface area contributed by atoms with Crippen LogP contribution in [-0.2, 0) is 12.8 Å². The maximum absolute atomic E-state index is 12.0. The number of aromatic amines is 1. The molecular weight excluding hydrogens is 260 g/mol. The van der Waals surface area contributed by atoms with Gasteiger partial charge in [0.2, 0.25) is 0 Å². The van der Waals surface area contributed by atoms with Crippen molar-refractivity contribution in [3.63, 3.8) is 0 Å². The second-order valence-electron chi connectivity index (χ2n) is 5.87. The van der Waals surface area contributed by atoms with Gasteiger partial charge in [-0.05, 0) is 43.9 Å². The molecule has 3 N–H and O–H groups in total. The molecule has 0 aliphatic rings. The van der Waals surface area contributed by atoms with Crippen LogP contribution in [0.15, 0.2) is 23.0 Å². The number of H-pyrrole nitrogens is 1. The topological polar surface area (TPSA) is 58.9 Å². The van der Waals surface area contributed by atoms with Crippen LogP contribution >= 0.6 is 0 Å². The Kier molecular flexibility index (Phi) is 4.51. The number of pyridine rings is 1. The lowest BCUT2D eigenvalue weighted by Gasteiger charge is -2.15. The van der Waals surface area contributed by atoms with Crippen molar-refractivity contribution in [2.75, 3.05) is 5.73 Å². The molecule has 1 heterocycles. The van der Waals surface area contributed by atoms with Crippen molar-refractivity contribution >= 4 is 5.69 Å². The molecule has 112 valence electrons. The molecule has 0 atom stereocenters. The molecule has 2 rings (SSSR count). The molecule has 1 aromatic carbocycles. The second kappa shape index (κ2) is 6.17. The van der Waals surface area contributed by atoms with E-state index in [9.17, 15) is 4.79 Å². The Hall–Kier alpha value is -2.03. The number of benzene rings is 1. The zero-order chi connectivity index (χ0) is 15.6. The summed E-state index contributed by atoms with van der Waals surface area (Å²) in [6.07, 6.45) is 2.69. The summed E-state index contributed by atoms with van der Waals surface area (Å²) < 4.78 is 0. The van der Waals surface area contributed by atoms with Crippen LogP contribution < -0.4 is 11.3 Å². The molecule has 0 saturated heterocycles. The summed E-state index contributed by atoms with van der Waals surface area (Å²) in [5, 5.41) is 0. The van der Waals surface area contributed by atoms with Gasteiger partial charge in [0.05, 0.1) is 0 Å². The number of nitrogens with one attached hydrogen (secondary N) is 1. The standard InChI is InChI=1S/C18H24N2O/c1-5-6-15-13(4)20-18(21)17(19)16(15)10-14-8-11(2)7-12(3)9-14/h7-9H,5-6,10,19H2,1-4H3,(H,20,21). The monoisotopic (exact) mass is 284 g/mol. The molecule has 0 fully saturated rings. The fourth-order valence-corrected chi connectivity index (χ4v) is 3.00. The second-order valence-corrected chi connectivity index (χ2v) is 5.87. The quantitative estimate of drug-likeness (QED) is 0.903. The van der Waals surface area contributed by atoms with Gasteiger partial charge < -0.3 is 10.7 Å². The highest BCUT2D eigenvalue weighted by molar-refractivity contribution is 5.53. The van der Waals surface area contributed by atoms with E-state index in [1.165, 1.54) is 22.3 Å². The van der Waals surface area contributed by atoms with Gasteiger partial charge in [0.25, 0.3) is 5.56 Å². The molecule has 0 saturated carbocycles. The minimum Gasteiger partial charge on any atom is -0.394 e. The first-order valence-corrected chi connectivity index (χ1v) is 7.49. The molecule has 1 aromatic heterocycles. The van der Waals surface area contributed by atoms with Crippen molar-refractivity contribution in [2.24, 2.45) is 0 Å². The Morgan fingerprint density at radius 1 is 1.05 bits per heavy atom. The fourth-order valence-electron chi connectivity index (χ4n) is 3.00. The molecule has 0 spiro atoms. The number of nitrogen functional groups attached to an aromatic ring is 1. The zero-order valence-electron chi connectivity index (χ0n) is 13.3. The molecule has 3 heteroatoms. The number of hydrogen-bond acceptors (Lipinski definition) is 2. The van der Waals surface area contributed by atoms with Crippen molar-refractivity contribution in [1.29, 1.82) is 0 Å². The lowest BCUT2D eigenvalue weighted by atomic mass is 9.94. The smallest absolute Gasteiger partial charge is 0.271 e. The molecule has 0 unspecified atom stereocenters. The first-order chi connectivity index (χ1) is 9.92. The number of aromatic nitrogens is 1. The summed E-state index contributed by atoms with van der Waals surface area (Å²) in [6.45, 7) is 8.28. The summed E-state index contributed by atoms with van der Waals surface area (Å²) in [5.41, 5.74) is 13.1. The van der Waals surface area contributed by atoms with Crippen LogP contribution in [0.2, 0.25) is 0 Å². The van der Waals surface area contributed by atoms with Gasteiger partial charge in [-0.15, -0.1) is 0 Å². The minimum absolute atomic E-state index is 0.174. The molecule has 21 heavy (non-hydrogen) atoms. The van der Waals surface area contributed by atoms with Gasteiger partial charge in [0.15, 0.2) is 0 Å². The maximum Gasteiger partial charge on any atom is 0.271 e. The van der Waals surface area contributed by atoms with E-state index in [0.717, 1.165) is 24.1 Å². The predicted octanol–water partition coefficient (Wildman–Crippen LogP) is 3.43. The van der Waals surface area contributed by atoms with Crippen molar-refractivity contribution < 1.29 is 0 Å². The highest BCUT2D eigenvalue weighted by atomic mass is 16.1. The van der Waals surface area contributed by atoms with E-state index < -0.39 is 0 Å². The Morgan fingerprint density at radius 2 is 1.67 bits per heavy atom. The summed E-state index contributed by atoms with van der Waals surface area (Å²) in [5.74, 6) is 0. The fraction of sp³-hybridized carbons (Fsp3) is 0.389. The number of aryl methyl sites for hydroxylation is 3. The Bertz CT molecular complexity index is 694. The van der Waals surface area contributed by atoms with Gasteiger partial charge in [0, 0.05) is 12.1 Å². The summed E-state index contributed by atoms with van der Waals surface area (Å²) >= 11 is 0. The van der Waals surface area contributed by atoms with Crippen molar-refractivity contribution in [1.82, 2.24) is 4.98 Å². The number of rotatable bonds is 4. The number of nitrogens with two attached hydrogens (primary N) is 1. The highest BCUT2D eigenvalue weighted by Crippen LogP contribution is 2.22. The first kappa shape index (κ1) is 15.4. The third-order valence-corrected chi connectivity index (χ3v) is 3.85. The van der Waals surface area contributed by atoms with Crippen LogP contribution in [0.3, 0.4) is 0 Å². The van der Waals surface area contributed by atoms with Crippen molar-refractivity contribution in [3.05, 3.63) is 62.1 Å². The van der Waals surface area contributed by atoms with Gasteiger partial charge in [-0.25, -0.2) is 0 Å². The van der Waals surface area contributed by atoms with Crippen LogP contribution in [0, 0.1) is 20.8 Å². The van der Waals surface area contributed by atoms with Crippen molar-refractivity contribution in [2.45, 2.75) is 47.0 Å². The molecule has 0 amide bonds. The predicted molar refractivity (Wildman–Crippen MR) is 88.9 cm³/mol. The Labute approximate surface area is 126 Å². The largest absolute Gasteiger partial charge is 0.394 e. The Balaban J connectivity index is 2.54. The third-order valence-electron chi connectivity index (χ3n) is 3.85. The summed E-state index contributed by atoms with van der Waals surface area (Å²) in [7, 11) is 0. The number of hydrogen-bond donors (Lipinski definition) is 2. The van der Waals surface area contributed by atoms with E-state index in [1.54, 1.807) is 0 Å². The van der Waals surface area contributed by atoms with E-state index in [2.05, 4.69) is 44.0 Å². The lowest BCUT2D eigenvalue weighted by Crippen LogP contribution is -2.19. The average molecular weight is 284 g/mol. The average Bonchev–Trinajstić information content (AvgIpc) is 2.39. The lowest BCUT2D eigenvalue weighted by molar-refractivity contribution is 0.875. The molecule has 0 aliphatic carbocycles. The molecular formula is C18H24N2O. The van der Waals surface area contributed by atoms with Crippen LogP contribution in [-0.4, -0.2) is 4.98 Å². The Morgan fingerprint density at radius 3 is 2.24 bits per heavy atom. The first-order valence-electron chi connectivity index (χ1n) is 7.49. The van der Waals surface area contributed by atoms with Gasteiger partial charge in [-0.1, -0.05) is 42.7 Å². The SMILES string of the molecule is CCCc1c(C)[nH]c(=O)c(N)c1Cc1cc(C)cc(C)c1. The number of anilines is 1. The van der Waals surface area contributed by atoms with E-state index >= 15 is 0 Å². The van der Waals surface area contributed by atoms with E-state index in [-0.39, 0.29) is 5.56 Å². The third kappa shape index (κ3) is 3.35. The van der Waals surface area contributed by atoms with Crippen LogP contribution in [0.1, 0.15) is 46.9 Å². The maximum atomic E-state index is 12.0. The van der Waals surface area contributed by atoms with Crippen molar-refractivity contribution in [3.8, 4) is 0 Å². The van der Waals surface area contributed by atoms with Gasteiger partial charge >= 0.3 is 0 Å². The van der Waals surface area contributed by atoms with E-state index in [0.29, 0.717) is 12.1 Å². The van der Waals surface area contributed by atoms with E-state index in [1.807, 2.05) is 6.92 Å². The molecule has 2 aromatic rings. The normalized spacial score (nSPS) is 10.9. The zero-order valence-corrected chi connectivity index (χ0v) is 13.3. The molecule has 0 radical (unpaired) electrons. The minimum atomic E-state index is -0.174. The molecule has 3 nitrogen and oxygen atoms in total. The molecule has 0 bridgehead atoms. The summed E-state index contributed by atoms with van der Waals surface area (Å²) in [6, 6.07) is 6.49. The van der Waals surface area contributed by atoms with Gasteiger partial charge in [-0.2, -0.15) is 0 Å². The molecule has 0 aliphatic heterocycles. The van der Waals surface area contributed by atoms with Crippen LogP contribution in [0.5, 0.6) is 0 Å². The van der Waals surface area contributed by atoms with Gasteiger partial charge in [0.1, 0.15) is 5.69 Å².